The van der Waals surface area contributed by atoms with Gasteiger partial charge in [0, 0.05) is 25.0 Å². The molecular formula is C26H33N3O5S. The standard InChI is InChI=1S/C26H33N3O5S/c1-18-12-14-20(15-13-18)17-28(19(2)24(31)27-26(3,4)5)23(30)11-8-16-29-25(32)21-9-6-7-10-22(21)35(29,33)34/h6-7,9-10,12-15,19H,8,11,16-17H2,1-5H3,(H,27,31). The first-order chi connectivity index (χ1) is 16.3. The number of hydrogen-bond donors (Lipinski definition) is 1. The summed E-state index contributed by atoms with van der Waals surface area (Å²) in [4.78, 5) is 40.2. The Kier molecular flexibility index (Phi) is 7.69. The molecule has 1 N–H and O–H groups in total. The Morgan fingerprint density at radius 2 is 1.69 bits per heavy atom. The number of carbonyl (C=O) groups excluding carboxylic acids is 3. The Bertz CT molecular complexity index is 1220. The lowest BCUT2D eigenvalue weighted by atomic mass is 10.1. The van der Waals surface area contributed by atoms with Crippen LogP contribution in [0.5, 0.6) is 0 Å². The van der Waals surface area contributed by atoms with E-state index in [-0.39, 0.29) is 48.2 Å². The van der Waals surface area contributed by atoms with Gasteiger partial charge in [-0.1, -0.05) is 42.0 Å². The van der Waals surface area contributed by atoms with Gasteiger partial charge in [-0.05, 0) is 58.7 Å². The molecule has 1 unspecified atom stereocenters. The smallest absolute Gasteiger partial charge is 0.269 e. The van der Waals surface area contributed by atoms with Gasteiger partial charge in [-0.25, -0.2) is 12.7 Å². The van der Waals surface area contributed by atoms with Gasteiger partial charge in [0.05, 0.1) is 5.56 Å². The second-order valence-electron chi connectivity index (χ2n) is 9.90. The van der Waals surface area contributed by atoms with E-state index in [2.05, 4.69) is 5.32 Å². The number of carbonyl (C=O) groups is 3. The fourth-order valence-electron chi connectivity index (χ4n) is 3.92. The van der Waals surface area contributed by atoms with Crippen molar-refractivity contribution in [1.82, 2.24) is 14.5 Å². The highest BCUT2D eigenvalue weighted by Gasteiger charge is 2.40. The molecule has 3 amide bonds. The van der Waals surface area contributed by atoms with Crippen LogP contribution in [-0.2, 0) is 26.2 Å². The number of aryl methyl sites for hydroxylation is 1. The molecule has 1 aliphatic heterocycles. The molecule has 0 fully saturated rings. The Balaban J connectivity index is 1.72. The van der Waals surface area contributed by atoms with Crippen LogP contribution in [0.4, 0.5) is 0 Å². The Morgan fingerprint density at radius 1 is 1.06 bits per heavy atom. The van der Waals surface area contributed by atoms with Gasteiger partial charge in [0.15, 0.2) is 0 Å². The van der Waals surface area contributed by atoms with Gasteiger partial charge in [0.1, 0.15) is 10.9 Å². The van der Waals surface area contributed by atoms with Crippen LogP contribution in [0.25, 0.3) is 0 Å². The Morgan fingerprint density at radius 3 is 2.29 bits per heavy atom. The van der Waals surface area contributed by atoms with Crippen LogP contribution in [0, 0.1) is 6.92 Å². The van der Waals surface area contributed by atoms with E-state index in [0.717, 1.165) is 15.4 Å². The van der Waals surface area contributed by atoms with Crippen molar-refractivity contribution >= 4 is 27.7 Å². The van der Waals surface area contributed by atoms with E-state index in [1.165, 1.54) is 17.0 Å². The maximum atomic E-state index is 13.3. The van der Waals surface area contributed by atoms with E-state index in [9.17, 15) is 22.8 Å². The van der Waals surface area contributed by atoms with Crippen molar-refractivity contribution in [1.29, 1.82) is 0 Å². The summed E-state index contributed by atoms with van der Waals surface area (Å²) in [6, 6.07) is 13.1. The molecule has 9 heteroatoms. The number of nitrogens with zero attached hydrogens (tertiary/aromatic N) is 2. The van der Waals surface area contributed by atoms with Gasteiger partial charge >= 0.3 is 0 Å². The average molecular weight is 500 g/mol. The predicted octanol–water partition coefficient (Wildman–Crippen LogP) is 3.25. The monoisotopic (exact) mass is 499 g/mol. The quantitative estimate of drug-likeness (QED) is 0.601. The summed E-state index contributed by atoms with van der Waals surface area (Å²) in [5.41, 5.74) is 1.66. The lowest BCUT2D eigenvalue weighted by Crippen LogP contribution is -2.52. The number of sulfonamides is 1. The average Bonchev–Trinajstić information content (AvgIpc) is 2.97. The Labute approximate surface area is 207 Å². The molecule has 0 saturated carbocycles. The number of fused-ring (bicyclic) bond motifs is 1. The first kappa shape index (κ1) is 26.4. The third kappa shape index (κ3) is 6.08. The third-order valence-corrected chi connectivity index (χ3v) is 7.64. The van der Waals surface area contributed by atoms with Gasteiger partial charge in [-0.3, -0.25) is 14.4 Å². The Hall–Kier alpha value is -3.20. The molecular weight excluding hydrogens is 466 g/mol. The highest BCUT2D eigenvalue weighted by Crippen LogP contribution is 2.30. The minimum Gasteiger partial charge on any atom is -0.350 e. The molecule has 0 aromatic heterocycles. The lowest BCUT2D eigenvalue weighted by molar-refractivity contribution is -0.141. The summed E-state index contributed by atoms with van der Waals surface area (Å²) in [6.45, 7) is 9.39. The van der Waals surface area contributed by atoms with Crippen LogP contribution in [-0.4, -0.2) is 53.5 Å². The van der Waals surface area contributed by atoms with Gasteiger partial charge in [0.25, 0.3) is 15.9 Å². The van der Waals surface area contributed by atoms with Crippen molar-refractivity contribution < 1.29 is 22.8 Å². The summed E-state index contributed by atoms with van der Waals surface area (Å²) in [6.07, 6.45) is 0.143. The molecule has 8 nitrogen and oxygen atoms in total. The largest absolute Gasteiger partial charge is 0.350 e. The molecule has 2 aromatic rings. The molecule has 35 heavy (non-hydrogen) atoms. The number of amides is 3. The molecule has 0 aliphatic carbocycles. The highest BCUT2D eigenvalue weighted by atomic mass is 32.2. The molecule has 0 radical (unpaired) electrons. The molecule has 0 bridgehead atoms. The second-order valence-corrected chi connectivity index (χ2v) is 11.7. The van der Waals surface area contributed by atoms with Crippen LogP contribution in [0.2, 0.25) is 0 Å². The van der Waals surface area contributed by atoms with Gasteiger partial charge in [0.2, 0.25) is 11.8 Å². The van der Waals surface area contributed by atoms with Crippen LogP contribution >= 0.6 is 0 Å². The van der Waals surface area contributed by atoms with Gasteiger partial charge in [-0.15, -0.1) is 0 Å². The normalized spacial score (nSPS) is 15.5. The van der Waals surface area contributed by atoms with E-state index in [4.69, 9.17) is 0 Å². The van der Waals surface area contributed by atoms with E-state index in [1.807, 2.05) is 52.0 Å². The second kappa shape index (κ2) is 10.2. The number of hydrogen-bond acceptors (Lipinski definition) is 5. The predicted molar refractivity (Wildman–Crippen MR) is 133 cm³/mol. The van der Waals surface area contributed by atoms with Crippen molar-refractivity contribution in [2.45, 2.75) is 70.5 Å². The number of rotatable bonds is 8. The summed E-state index contributed by atoms with van der Waals surface area (Å²) < 4.78 is 26.3. The SMILES string of the molecule is Cc1ccc(CN(C(=O)CCCN2C(=O)c3ccccc3S2(=O)=O)C(C)C(=O)NC(C)(C)C)cc1. The molecule has 2 aromatic carbocycles. The van der Waals surface area contributed by atoms with Crippen LogP contribution in [0.1, 0.15) is 62.0 Å². The minimum absolute atomic E-state index is 0.00531. The molecule has 1 atom stereocenters. The minimum atomic E-state index is -3.92. The summed E-state index contributed by atoms with van der Waals surface area (Å²) in [5.74, 6) is -1.14. The number of nitrogens with one attached hydrogen (secondary N) is 1. The topological polar surface area (TPSA) is 104 Å². The molecule has 3 rings (SSSR count). The zero-order valence-electron chi connectivity index (χ0n) is 20.9. The van der Waals surface area contributed by atoms with Crippen molar-refractivity contribution in [3.8, 4) is 0 Å². The first-order valence-corrected chi connectivity index (χ1v) is 13.1. The maximum Gasteiger partial charge on any atom is 0.269 e. The summed E-state index contributed by atoms with van der Waals surface area (Å²) >= 11 is 0. The fourth-order valence-corrected chi connectivity index (χ4v) is 5.52. The van der Waals surface area contributed by atoms with Gasteiger partial charge in [-0.2, -0.15) is 0 Å². The van der Waals surface area contributed by atoms with Crippen LogP contribution < -0.4 is 5.32 Å². The van der Waals surface area contributed by atoms with Crippen molar-refractivity contribution in [3.63, 3.8) is 0 Å². The van der Waals surface area contributed by atoms with Crippen molar-refractivity contribution in [3.05, 3.63) is 65.2 Å². The zero-order chi connectivity index (χ0) is 26.0. The number of benzene rings is 2. The zero-order valence-corrected chi connectivity index (χ0v) is 21.7. The van der Waals surface area contributed by atoms with Crippen LogP contribution in [0.15, 0.2) is 53.4 Å². The summed E-state index contributed by atoms with van der Waals surface area (Å²) in [5, 5.41) is 2.91. The fraction of sp³-hybridized carbons (Fsp3) is 0.423. The third-order valence-electron chi connectivity index (χ3n) is 5.80. The van der Waals surface area contributed by atoms with Crippen molar-refractivity contribution in [2.24, 2.45) is 0 Å². The lowest BCUT2D eigenvalue weighted by Gasteiger charge is -2.31. The summed E-state index contributed by atoms with van der Waals surface area (Å²) in [7, 11) is -3.92. The molecule has 0 spiro atoms. The molecule has 188 valence electrons. The van der Waals surface area contributed by atoms with E-state index in [1.54, 1.807) is 19.1 Å². The van der Waals surface area contributed by atoms with Gasteiger partial charge < -0.3 is 10.2 Å². The first-order valence-electron chi connectivity index (χ1n) is 11.6. The molecule has 1 aliphatic rings. The molecule has 1 heterocycles. The van der Waals surface area contributed by atoms with E-state index >= 15 is 0 Å². The van der Waals surface area contributed by atoms with Crippen molar-refractivity contribution in [2.75, 3.05) is 6.54 Å². The van der Waals surface area contributed by atoms with E-state index < -0.39 is 27.5 Å². The van der Waals surface area contributed by atoms with E-state index in [0.29, 0.717) is 0 Å². The maximum absolute atomic E-state index is 13.3. The molecule has 0 saturated heterocycles. The van der Waals surface area contributed by atoms with Crippen LogP contribution in [0.3, 0.4) is 0 Å². The highest BCUT2D eigenvalue weighted by molar-refractivity contribution is 7.90.